The molecule has 0 radical (unpaired) electrons. The Morgan fingerprint density at radius 3 is 2.43 bits per heavy atom. The standard InChI is InChI=1S/C16H13Cl2N3O2/c1-7-11(9-3-5-10(17)6-4-9)13(18)21-15(7)20-14(19)12(8(2)22)16(21)23/h3-6,22H,1-2H3,(H2,19,20). The first-order chi connectivity index (χ1) is 10.8. The van der Waals surface area contributed by atoms with Gasteiger partial charge in [-0.1, -0.05) is 35.3 Å². The van der Waals surface area contributed by atoms with Crippen LogP contribution in [0, 0.1) is 6.92 Å². The fraction of sp³-hybridized carbons (Fsp3) is 0.125. The molecular weight excluding hydrogens is 337 g/mol. The number of rotatable bonds is 1. The summed E-state index contributed by atoms with van der Waals surface area (Å²) in [6.07, 6.45) is 0. The van der Waals surface area contributed by atoms with Crippen LogP contribution in [-0.4, -0.2) is 14.5 Å². The quantitative estimate of drug-likeness (QED) is 0.707. The van der Waals surface area contributed by atoms with Gasteiger partial charge in [-0.3, -0.25) is 4.79 Å². The van der Waals surface area contributed by atoms with Gasteiger partial charge in [0.25, 0.3) is 5.56 Å². The van der Waals surface area contributed by atoms with Gasteiger partial charge in [-0.05, 0) is 31.5 Å². The van der Waals surface area contributed by atoms with E-state index < -0.39 is 5.56 Å². The van der Waals surface area contributed by atoms with Crippen LogP contribution >= 0.6 is 23.2 Å². The van der Waals surface area contributed by atoms with E-state index >= 15 is 0 Å². The first-order valence-electron chi connectivity index (χ1n) is 6.78. The lowest BCUT2D eigenvalue weighted by atomic mass is 10.1. The molecule has 2 aromatic heterocycles. The molecule has 3 N–H and O–H groups in total. The van der Waals surface area contributed by atoms with Gasteiger partial charge in [-0.25, -0.2) is 9.38 Å². The number of nitrogens with zero attached hydrogens (tertiary/aromatic N) is 2. The van der Waals surface area contributed by atoms with E-state index in [0.29, 0.717) is 16.2 Å². The minimum Gasteiger partial charge on any atom is -0.512 e. The van der Waals surface area contributed by atoms with Crippen LogP contribution in [0.1, 0.15) is 12.5 Å². The van der Waals surface area contributed by atoms with E-state index in [1.165, 1.54) is 11.3 Å². The van der Waals surface area contributed by atoms with Gasteiger partial charge in [0.15, 0.2) is 0 Å². The van der Waals surface area contributed by atoms with Gasteiger partial charge >= 0.3 is 0 Å². The molecule has 2 heterocycles. The monoisotopic (exact) mass is 349 g/mol. The Hall–Kier alpha value is -2.24. The van der Waals surface area contributed by atoms with Crippen LogP contribution in [0.4, 0.5) is 5.82 Å². The molecule has 1 aromatic carbocycles. The Morgan fingerprint density at radius 2 is 1.87 bits per heavy atom. The van der Waals surface area contributed by atoms with Crippen LogP contribution in [0.2, 0.25) is 10.2 Å². The van der Waals surface area contributed by atoms with Crippen molar-refractivity contribution in [3.8, 4) is 11.1 Å². The van der Waals surface area contributed by atoms with Crippen LogP contribution < -0.4 is 16.5 Å². The lowest BCUT2D eigenvalue weighted by Crippen LogP contribution is -2.35. The van der Waals surface area contributed by atoms with Crippen LogP contribution in [0.25, 0.3) is 22.5 Å². The molecule has 23 heavy (non-hydrogen) atoms. The predicted molar refractivity (Wildman–Crippen MR) is 93.0 cm³/mol. The molecule has 0 bridgehead atoms. The van der Waals surface area contributed by atoms with E-state index in [9.17, 15) is 9.90 Å². The predicted octanol–water partition coefficient (Wildman–Crippen LogP) is 2.96. The maximum atomic E-state index is 12.6. The number of aliphatic hydroxyl groups excluding tert-OH is 1. The number of aryl methyl sites for hydroxylation is 1. The molecule has 0 aliphatic carbocycles. The Kier molecular flexibility index (Phi) is 3.70. The average molecular weight is 350 g/mol. The summed E-state index contributed by atoms with van der Waals surface area (Å²) >= 11 is 12.3. The fourth-order valence-electron chi connectivity index (χ4n) is 2.64. The van der Waals surface area contributed by atoms with Crippen LogP contribution in [0.15, 0.2) is 29.1 Å². The molecule has 3 aromatic rings. The van der Waals surface area contributed by atoms with Gasteiger partial charge in [0.05, 0.1) is 0 Å². The molecule has 0 saturated carbocycles. The second-order valence-corrected chi connectivity index (χ2v) is 6.01. The van der Waals surface area contributed by atoms with E-state index in [-0.39, 0.29) is 21.9 Å². The van der Waals surface area contributed by atoms with Crippen molar-refractivity contribution >= 4 is 40.4 Å². The van der Waals surface area contributed by atoms with E-state index in [1.54, 1.807) is 12.1 Å². The number of aliphatic hydroxyl groups is 1. The van der Waals surface area contributed by atoms with Crippen molar-refractivity contribution < 1.29 is 5.11 Å². The minimum atomic E-state index is -0.499. The molecule has 0 aliphatic heterocycles. The Balaban J connectivity index is 2.49. The molecule has 0 aliphatic rings. The second-order valence-electron chi connectivity index (χ2n) is 5.22. The van der Waals surface area contributed by atoms with Crippen molar-refractivity contribution in [1.29, 1.82) is 0 Å². The van der Waals surface area contributed by atoms with Crippen LogP contribution in [0.5, 0.6) is 0 Å². The highest BCUT2D eigenvalue weighted by Crippen LogP contribution is 2.34. The number of halogens is 2. The maximum absolute atomic E-state index is 12.6. The van der Waals surface area contributed by atoms with Crippen LogP contribution in [-0.2, 0) is 0 Å². The van der Waals surface area contributed by atoms with E-state index in [2.05, 4.69) is 4.98 Å². The number of nitrogens with two attached hydrogens (primary N) is 1. The third-order valence-electron chi connectivity index (χ3n) is 3.72. The summed E-state index contributed by atoms with van der Waals surface area (Å²) in [4.78, 5) is 16.9. The van der Waals surface area contributed by atoms with Gasteiger partial charge in [-0.15, -0.1) is 0 Å². The molecule has 7 heteroatoms. The van der Waals surface area contributed by atoms with Gasteiger partial charge in [0.2, 0.25) is 0 Å². The largest absolute Gasteiger partial charge is 0.512 e. The number of hydrogen-bond acceptors (Lipinski definition) is 4. The molecule has 0 saturated heterocycles. The number of fused-ring (bicyclic) bond motifs is 1. The molecular formula is C16H13Cl2N3O2. The summed E-state index contributed by atoms with van der Waals surface area (Å²) in [6, 6.07) is 7.11. The zero-order valence-corrected chi connectivity index (χ0v) is 13.9. The highest BCUT2D eigenvalue weighted by Gasteiger charge is 2.20. The number of hydrogen-bond donors (Lipinski definition) is 2. The highest BCUT2D eigenvalue weighted by molar-refractivity contribution is 6.33. The van der Waals surface area contributed by atoms with Crippen molar-refractivity contribution in [2.45, 2.75) is 13.8 Å². The zero-order chi connectivity index (χ0) is 16.9. The number of nitrogen functional groups attached to an aromatic ring is 1. The summed E-state index contributed by atoms with van der Waals surface area (Å²) in [5.41, 5.74) is 7.90. The molecule has 0 spiro atoms. The maximum Gasteiger partial charge on any atom is 0.271 e. The Morgan fingerprint density at radius 1 is 1.26 bits per heavy atom. The molecule has 0 atom stereocenters. The minimum absolute atomic E-state index is 0.0255. The Labute approximate surface area is 141 Å². The first-order valence-corrected chi connectivity index (χ1v) is 7.54. The number of benzene rings is 1. The van der Waals surface area contributed by atoms with Gasteiger partial charge in [0.1, 0.15) is 27.6 Å². The number of anilines is 1. The van der Waals surface area contributed by atoms with Crippen molar-refractivity contribution in [1.82, 2.24) is 9.38 Å². The summed E-state index contributed by atoms with van der Waals surface area (Å²) in [5, 5.41) is 10.5. The summed E-state index contributed by atoms with van der Waals surface area (Å²) in [7, 11) is 0. The van der Waals surface area contributed by atoms with Crippen molar-refractivity contribution in [2.24, 2.45) is 0 Å². The van der Waals surface area contributed by atoms with Gasteiger partial charge in [-0.2, -0.15) is 0 Å². The molecule has 0 unspecified atom stereocenters. The van der Waals surface area contributed by atoms with Crippen molar-refractivity contribution in [2.75, 3.05) is 5.73 Å². The molecule has 0 amide bonds. The van der Waals surface area contributed by atoms with Crippen LogP contribution in [0.3, 0.4) is 0 Å². The summed E-state index contributed by atoms with van der Waals surface area (Å²) in [5.74, 6) is -0.222. The molecule has 3 rings (SSSR count). The normalized spacial score (nSPS) is 12.7. The first kappa shape index (κ1) is 15.6. The van der Waals surface area contributed by atoms with Crippen molar-refractivity contribution in [3.63, 3.8) is 0 Å². The fourth-order valence-corrected chi connectivity index (χ4v) is 3.18. The number of aromatic nitrogens is 2. The molecule has 118 valence electrons. The van der Waals surface area contributed by atoms with Gasteiger partial charge in [0, 0.05) is 16.1 Å². The SMILES string of the molecule is CC(O)=c1c(N)nc2c(C)c(-c3ccc(Cl)cc3)c(Cl)n2c1=O. The molecule has 5 nitrogen and oxygen atoms in total. The van der Waals surface area contributed by atoms with E-state index in [4.69, 9.17) is 28.9 Å². The van der Waals surface area contributed by atoms with E-state index in [1.807, 2.05) is 19.1 Å². The smallest absolute Gasteiger partial charge is 0.271 e. The lowest BCUT2D eigenvalue weighted by molar-refractivity contribution is 0.498. The topological polar surface area (TPSA) is 80.6 Å². The Bertz CT molecular complexity index is 1040. The average Bonchev–Trinajstić information content (AvgIpc) is 2.71. The zero-order valence-electron chi connectivity index (χ0n) is 12.4. The molecule has 0 fully saturated rings. The van der Waals surface area contributed by atoms with Crippen molar-refractivity contribution in [3.05, 3.63) is 55.6 Å². The van der Waals surface area contributed by atoms with E-state index in [0.717, 1.165) is 11.1 Å². The lowest BCUT2D eigenvalue weighted by Gasteiger charge is -2.01. The summed E-state index contributed by atoms with van der Waals surface area (Å²) in [6.45, 7) is 3.19. The third-order valence-corrected chi connectivity index (χ3v) is 4.33. The highest BCUT2D eigenvalue weighted by atomic mass is 35.5. The third kappa shape index (κ3) is 2.33. The summed E-state index contributed by atoms with van der Waals surface area (Å²) < 4.78 is 1.26. The van der Waals surface area contributed by atoms with Gasteiger partial charge < -0.3 is 10.8 Å². The second kappa shape index (κ2) is 5.44.